The Morgan fingerprint density at radius 1 is 0.550 bits per heavy atom. The minimum atomic E-state index is 0.767. The summed E-state index contributed by atoms with van der Waals surface area (Å²) in [6.45, 7) is 7.80. The van der Waals surface area contributed by atoms with Crippen molar-refractivity contribution in [2.75, 3.05) is 22.9 Å². The molecule has 0 spiro atoms. The molecule has 0 aliphatic carbocycles. The highest BCUT2D eigenvalue weighted by atomic mass is 14.6. The normalized spacial score (nSPS) is 9.80. The summed E-state index contributed by atoms with van der Waals surface area (Å²) in [5.74, 6) is 0. The highest BCUT2D eigenvalue weighted by Crippen LogP contribution is 2.21. The van der Waals surface area contributed by atoms with Crippen LogP contribution in [0.5, 0.6) is 0 Å². The second-order valence-corrected chi connectivity index (χ2v) is 5.02. The van der Waals surface area contributed by atoms with E-state index in [-0.39, 0.29) is 0 Å². The molecular weight excluding hydrogens is 248 g/mol. The summed E-state index contributed by atoms with van der Waals surface area (Å²) in [6.07, 6.45) is 0. The largest absolute Gasteiger partial charge is 0.398 e. The van der Waals surface area contributed by atoms with Gasteiger partial charge < -0.3 is 22.9 Å². The molecule has 0 aliphatic rings. The number of aryl methyl sites for hydroxylation is 2. The topological polar surface area (TPSA) is 104 Å². The van der Waals surface area contributed by atoms with Gasteiger partial charge in [-0.1, -0.05) is 12.1 Å². The van der Waals surface area contributed by atoms with Gasteiger partial charge >= 0.3 is 0 Å². The van der Waals surface area contributed by atoms with Gasteiger partial charge in [-0.3, -0.25) is 0 Å². The van der Waals surface area contributed by atoms with E-state index in [0.29, 0.717) is 0 Å². The van der Waals surface area contributed by atoms with Gasteiger partial charge in [0.15, 0.2) is 0 Å². The average Bonchev–Trinajstić information content (AvgIpc) is 2.43. The maximum atomic E-state index is 5.70. The van der Waals surface area contributed by atoms with E-state index in [1.54, 1.807) is 0 Å². The third kappa shape index (κ3) is 3.35. The zero-order chi connectivity index (χ0) is 15.4. The third-order valence-electron chi connectivity index (χ3n) is 3.55. The fourth-order valence-electron chi connectivity index (χ4n) is 1.76. The molecule has 108 valence electrons. The summed E-state index contributed by atoms with van der Waals surface area (Å²) in [6, 6.07) is 7.61. The average molecular weight is 272 g/mol. The molecule has 2 rings (SSSR count). The Morgan fingerprint density at radius 2 is 0.850 bits per heavy atom. The lowest BCUT2D eigenvalue weighted by Gasteiger charge is -2.05. The molecule has 0 fully saturated rings. The van der Waals surface area contributed by atoms with Gasteiger partial charge in [-0.15, -0.1) is 0 Å². The number of rotatable bonds is 0. The molecule has 0 aromatic heterocycles. The predicted octanol–water partition coefficient (Wildman–Crippen LogP) is 2.94. The van der Waals surface area contributed by atoms with Gasteiger partial charge in [-0.25, -0.2) is 0 Å². The van der Waals surface area contributed by atoms with E-state index in [2.05, 4.69) is 0 Å². The van der Waals surface area contributed by atoms with Gasteiger partial charge in [-0.2, -0.15) is 0 Å². The van der Waals surface area contributed by atoms with Gasteiger partial charge in [0, 0.05) is 22.7 Å². The number of nitrogens with two attached hydrogens (primary N) is 4. The van der Waals surface area contributed by atoms with Crippen molar-refractivity contribution in [3.8, 4) is 0 Å². The van der Waals surface area contributed by atoms with Crippen molar-refractivity contribution in [1.29, 1.82) is 0 Å². The Kier molecular flexibility index (Phi) is 4.86. The first kappa shape index (κ1) is 15.7. The molecule has 20 heavy (non-hydrogen) atoms. The van der Waals surface area contributed by atoms with Crippen LogP contribution in [-0.2, 0) is 0 Å². The molecule has 0 atom stereocenters. The van der Waals surface area contributed by atoms with Crippen LogP contribution in [0.15, 0.2) is 24.3 Å². The van der Waals surface area contributed by atoms with E-state index in [1.165, 1.54) is 0 Å². The van der Waals surface area contributed by atoms with Crippen LogP contribution in [0.1, 0.15) is 22.3 Å². The molecule has 0 saturated heterocycles. The monoisotopic (exact) mass is 272 g/mol. The van der Waals surface area contributed by atoms with E-state index in [9.17, 15) is 0 Å². The quantitative estimate of drug-likeness (QED) is 0.553. The highest BCUT2D eigenvalue weighted by molar-refractivity contribution is 5.64. The minimum Gasteiger partial charge on any atom is -0.398 e. The molecular formula is C16H24N4. The lowest BCUT2D eigenvalue weighted by atomic mass is 10.1. The summed E-state index contributed by atoms with van der Waals surface area (Å²) < 4.78 is 0. The van der Waals surface area contributed by atoms with Crippen LogP contribution in [0.2, 0.25) is 0 Å². The predicted molar refractivity (Wildman–Crippen MR) is 89.5 cm³/mol. The number of nitrogen functional groups attached to an aromatic ring is 4. The maximum absolute atomic E-state index is 5.70. The van der Waals surface area contributed by atoms with E-state index in [4.69, 9.17) is 22.9 Å². The fourth-order valence-corrected chi connectivity index (χ4v) is 1.76. The summed E-state index contributed by atoms with van der Waals surface area (Å²) in [5, 5.41) is 0. The molecule has 0 unspecified atom stereocenters. The summed E-state index contributed by atoms with van der Waals surface area (Å²) in [7, 11) is 0. The number of benzene rings is 2. The van der Waals surface area contributed by atoms with Gasteiger partial charge in [-0.05, 0) is 62.1 Å². The van der Waals surface area contributed by atoms with Crippen molar-refractivity contribution in [2.24, 2.45) is 0 Å². The van der Waals surface area contributed by atoms with Crippen molar-refractivity contribution in [2.45, 2.75) is 27.7 Å². The van der Waals surface area contributed by atoms with E-state index in [0.717, 1.165) is 45.0 Å². The van der Waals surface area contributed by atoms with Crippen LogP contribution in [0.3, 0.4) is 0 Å². The molecule has 4 heteroatoms. The first-order chi connectivity index (χ1) is 9.25. The Balaban J connectivity index is 0.000000200. The third-order valence-corrected chi connectivity index (χ3v) is 3.55. The van der Waals surface area contributed by atoms with E-state index >= 15 is 0 Å². The summed E-state index contributed by atoms with van der Waals surface area (Å²) in [5.41, 5.74) is 29.9. The van der Waals surface area contributed by atoms with E-state index < -0.39 is 0 Å². The van der Waals surface area contributed by atoms with Crippen LogP contribution in [0, 0.1) is 27.7 Å². The molecule has 4 nitrogen and oxygen atoms in total. The first-order valence-corrected chi connectivity index (χ1v) is 6.48. The van der Waals surface area contributed by atoms with Crippen LogP contribution >= 0.6 is 0 Å². The molecule has 2 aromatic rings. The Labute approximate surface area is 120 Å². The molecule has 8 N–H and O–H groups in total. The SMILES string of the molecule is Cc1ccc(N)c(C)c1N.Cc1ccc(N)c(C)c1N. The molecule has 0 amide bonds. The van der Waals surface area contributed by atoms with Crippen molar-refractivity contribution in [3.05, 3.63) is 46.5 Å². The molecule has 0 bridgehead atoms. The zero-order valence-electron chi connectivity index (χ0n) is 12.6. The van der Waals surface area contributed by atoms with E-state index in [1.807, 2.05) is 52.0 Å². The minimum absolute atomic E-state index is 0.767. The number of hydrogen-bond donors (Lipinski definition) is 4. The van der Waals surface area contributed by atoms with Crippen molar-refractivity contribution in [1.82, 2.24) is 0 Å². The second kappa shape index (κ2) is 6.19. The zero-order valence-corrected chi connectivity index (χ0v) is 12.6. The van der Waals surface area contributed by atoms with Crippen LogP contribution in [0.25, 0.3) is 0 Å². The molecule has 0 aliphatic heterocycles. The van der Waals surface area contributed by atoms with Gasteiger partial charge in [0.25, 0.3) is 0 Å². The van der Waals surface area contributed by atoms with Crippen LogP contribution in [0.4, 0.5) is 22.7 Å². The summed E-state index contributed by atoms with van der Waals surface area (Å²) >= 11 is 0. The molecule has 0 radical (unpaired) electrons. The number of anilines is 4. The Morgan fingerprint density at radius 3 is 1.10 bits per heavy atom. The smallest absolute Gasteiger partial charge is 0.0394 e. The molecule has 2 aromatic carbocycles. The fraction of sp³-hybridized carbons (Fsp3) is 0.250. The van der Waals surface area contributed by atoms with Crippen LogP contribution < -0.4 is 22.9 Å². The lowest BCUT2D eigenvalue weighted by molar-refractivity contribution is 1.39. The standard InChI is InChI=1S/2C8H12N2/c2*1-5-3-4-7(9)6(2)8(5)10/h2*3-4H,9-10H2,1-2H3. The van der Waals surface area contributed by atoms with Gasteiger partial charge in [0.05, 0.1) is 0 Å². The Bertz CT molecular complexity index is 509. The van der Waals surface area contributed by atoms with Crippen molar-refractivity contribution >= 4 is 22.7 Å². The number of hydrogen-bond acceptors (Lipinski definition) is 4. The maximum Gasteiger partial charge on any atom is 0.0394 e. The molecule has 0 heterocycles. The lowest BCUT2D eigenvalue weighted by Crippen LogP contribution is -1.97. The Hall–Kier alpha value is -2.36. The van der Waals surface area contributed by atoms with Crippen LogP contribution in [-0.4, -0.2) is 0 Å². The first-order valence-electron chi connectivity index (χ1n) is 6.48. The van der Waals surface area contributed by atoms with Crippen molar-refractivity contribution in [3.63, 3.8) is 0 Å². The molecule has 0 saturated carbocycles. The summed E-state index contributed by atoms with van der Waals surface area (Å²) in [4.78, 5) is 0. The highest BCUT2D eigenvalue weighted by Gasteiger charge is 2.00. The van der Waals surface area contributed by atoms with Gasteiger partial charge in [0.1, 0.15) is 0 Å². The van der Waals surface area contributed by atoms with Gasteiger partial charge in [0.2, 0.25) is 0 Å². The second-order valence-electron chi connectivity index (χ2n) is 5.02. The van der Waals surface area contributed by atoms with Crippen molar-refractivity contribution < 1.29 is 0 Å².